The average Bonchev–Trinajstić information content (AvgIpc) is 2.77. The van der Waals surface area contributed by atoms with Crippen molar-refractivity contribution in [2.24, 2.45) is 5.41 Å². The van der Waals surface area contributed by atoms with Crippen LogP contribution in [0.5, 0.6) is 0 Å². The van der Waals surface area contributed by atoms with Crippen LogP contribution in [0.15, 0.2) is 0 Å². The van der Waals surface area contributed by atoms with E-state index in [1.165, 1.54) is 83.5 Å². The number of aliphatic carboxylic acids is 1. The van der Waals surface area contributed by atoms with Crippen molar-refractivity contribution in [3.05, 3.63) is 0 Å². The minimum atomic E-state index is -4.64. The Kier molecular flexibility index (Phi) is 24.4. The van der Waals surface area contributed by atoms with Gasteiger partial charge in [-0.25, -0.2) is 4.57 Å². The summed E-state index contributed by atoms with van der Waals surface area (Å²) in [7, 11) is -4.64. The molecular formula is C23H49O9P. The Labute approximate surface area is 199 Å². The van der Waals surface area contributed by atoms with Gasteiger partial charge in [0.25, 0.3) is 0 Å². The second-order valence-corrected chi connectivity index (χ2v) is 10.1. The second-order valence-electron chi connectivity index (χ2n) is 8.83. The predicted molar refractivity (Wildman–Crippen MR) is 129 cm³/mol. The maximum absolute atomic E-state index is 10.3. The fourth-order valence-corrected chi connectivity index (χ4v) is 3.60. The van der Waals surface area contributed by atoms with E-state index in [4.69, 9.17) is 30.2 Å². The van der Waals surface area contributed by atoms with Crippen molar-refractivity contribution in [1.29, 1.82) is 0 Å². The van der Waals surface area contributed by atoms with Crippen LogP contribution in [0, 0.1) is 5.41 Å². The van der Waals surface area contributed by atoms with E-state index in [2.05, 4.69) is 11.4 Å². The molecule has 0 radical (unpaired) electrons. The molecule has 0 aliphatic carbocycles. The molecule has 0 bridgehead atoms. The lowest BCUT2D eigenvalue weighted by molar-refractivity contribution is -0.137. The van der Waals surface area contributed by atoms with Crippen molar-refractivity contribution >= 4 is 13.8 Å². The fourth-order valence-electron chi connectivity index (χ4n) is 3.16. The van der Waals surface area contributed by atoms with Crippen LogP contribution in [0.4, 0.5) is 0 Å². The van der Waals surface area contributed by atoms with E-state index in [0.29, 0.717) is 6.42 Å². The van der Waals surface area contributed by atoms with Crippen LogP contribution in [-0.2, 0) is 13.9 Å². The van der Waals surface area contributed by atoms with Crippen LogP contribution in [0.2, 0.25) is 0 Å². The molecular weight excluding hydrogens is 451 g/mol. The minimum Gasteiger partial charge on any atom is -0.481 e. The Morgan fingerprint density at radius 1 is 0.697 bits per heavy atom. The molecule has 6 N–H and O–H groups in total. The number of phosphoric acid groups is 1. The molecule has 9 nitrogen and oxygen atoms in total. The number of unbranched alkanes of at least 4 members (excludes halogenated alkanes) is 14. The third-order valence-corrected chi connectivity index (χ3v) is 6.00. The summed E-state index contributed by atoms with van der Waals surface area (Å²) in [4.78, 5) is 27.0. The summed E-state index contributed by atoms with van der Waals surface area (Å²) in [5.41, 5.74) is -1.42. The largest absolute Gasteiger partial charge is 0.481 e. The van der Waals surface area contributed by atoms with E-state index in [0.717, 1.165) is 12.8 Å². The lowest BCUT2D eigenvalue weighted by Gasteiger charge is -2.26. The Morgan fingerprint density at radius 3 is 1.30 bits per heavy atom. The van der Waals surface area contributed by atoms with Gasteiger partial charge in [0.05, 0.1) is 31.8 Å². The third-order valence-electron chi connectivity index (χ3n) is 5.54. The molecule has 10 heteroatoms. The number of aliphatic hydroxyl groups excluding tert-OH is 3. The van der Waals surface area contributed by atoms with Crippen LogP contribution >= 0.6 is 7.82 Å². The zero-order valence-corrected chi connectivity index (χ0v) is 21.4. The molecule has 200 valence electrons. The number of hydrogen-bond acceptors (Lipinski definition) is 6. The number of hydrogen-bond donors (Lipinski definition) is 6. The molecule has 0 saturated carbocycles. The van der Waals surface area contributed by atoms with E-state index >= 15 is 0 Å². The first-order chi connectivity index (χ1) is 15.7. The molecule has 0 aromatic carbocycles. The van der Waals surface area contributed by atoms with E-state index < -0.39 is 45.6 Å². The Morgan fingerprint density at radius 2 is 1.03 bits per heavy atom. The summed E-state index contributed by atoms with van der Waals surface area (Å²) in [6.45, 7) is -0.215. The highest BCUT2D eigenvalue weighted by Gasteiger charge is 2.31. The van der Waals surface area contributed by atoms with Crippen LogP contribution < -0.4 is 0 Å². The highest BCUT2D eigenvalue weighted by molar-refractivity contribution is 7.46. The zero-order valence-electron chi connectivity index (χ0n) is 20.5. The van der Waals surface area contributed by atoms with Gasteiger partial charge in [-0.05, 0) is 6.42 Å². The summed E-state index contributed by atoms with van der Waals surface area (Å²) in [5, 5.41) is 34.7. The molecule has 0 amide bonds. The summed E-state index contributed by atoms with van der Waals surface area (Å²) < 4.78 is 14.3. The number of rotatable bonds is 22. The molecule has 0 aromatic heterocycles. The highest BCUT2D eigenvalue weighted by atomic mass is 31.2. The van der Waals surface area contributed by atoms with Gasteiger partial charge in [0.15, 0.2) is 0 Å². The first-order valence-electron chi connectivity index (χ1n) is 12.4. The number of carbonyl (C=O) groups is 1. The van der Waals surface area contributed by atoms with E-state index in [9.17, 15) is 9.36 Å². The van der Waals surface area contributed by atoms with Crippen molar-refractivity contribution in [2.45, 2.75) is 110 Å². The molecule has 0 unspecified atom stereocenters. The fraction of sp³-hybridized carbons (Fsp3) is 0.957. The molecule has 0 aliphatic rings. The quantitative estimate of drug-likeness (QED) is 0.0933. The molecule has 0 atom stereocenters. The standard InChI is InChI=1S/C18H36O2.C5H13O7P/c1-2-3-4-5-6-7-8-9-10-11-12-13-14-15-16-17-18(19)20;6-1-5(2-7,3-8)4-12-13(9,10)11/h2-17H2,1H3,(H,19,20);6-8H,1-4H2,(H2,9,10,11). The van der Waals surface area contributed by atoms with Gasteiger partial charge in [-0.15, -0.1) is 0 Å². The van der Waals surface area contributed by atoms with Gasteiger partial charge in [-0.3, -0.25) is 9.32 Å². The molecule has 0 aliphatic heterocycles. The number of aliphatic hydroxyl groups is 3. The Bertz CT molecular complexity index is 470. The van der Waals surface area contributed by atoms with E-state index in [1.807, 2.05) is 0 Å². The van der Waals surface area contributed by atoms with Gasteiger partial charge in [0.2, 0.25) is 0 Å². The van der Waals surface area contributed by atoms with Gasteiger partial charge in [-0.2, -0.15) is 0 Å². The number of carboxylic acids is 1. The van der Waals surface area contributed by atoms with Gasteiger partial charge in [0.1, 0.15) is 0 Å². The highest BCUT2D eigenvalue weighted by Crippen LogP contribution is 2.37. The molecule has 0 fully saturated rings. The predicted octanol–water partition coefficient (Wildman–Crippen LogP) is 4.39. The normalized spacial score (nSPS) is 11.8. The molecule has 33 heavy (non-hydrogen) atoms. The smallest absolute Gasteiger partial charge is 0.469 e. The first kappa shape index (κ1) is 34.6. The molecule has 0 spiro atoms. The molecule has 0 rings (SSSR count). The maximum atomic E-state index is 10.3. The van der Waals surface area contributed by atoms with Gasteiger partial charge in [0, 0.05) is 6.42 Å². The zero-order chi connectivity index (χ0) is 25.4. The van der Waals surface area contributed by atoms with Crippen LogP contribution in [0.3, 0.4) is 0 Å². The first-order valence-corrected chi connectivity index (χ1v) is 13.9. The van der Waals surface area contributed by atoms with Gasteiger partial charge < -0.3 is 30.2 Å². The minimum absolute atomic E-state index is 0.345. The van der Waals surface area contributed by atoms with Gasteiger partial charge >= 0.3 is 13.8 Å². The van der Waals surface area contributed by atoms with Crippen LogP contribution in [0.1, 0.15) is 110 Å². The summed E-state index contributed by atoms with van der Waals surface area (Å²) in [5.74, 6) is -0.653. The Hall–Kier alpha value is -0.540. The van der Waals surface area contributed by atoms with Crippen molar-refractivity contribution in [2.75, 3.05) is 26.4 Å². The van der Waals surface area contributed by atoms with E-state index in [-0.39, 0.29) is 0 Å². The molecule has 0 saturated heterocycles. The van der Waals surface area contributed by atoms with Crippen LogP contribution in [-0.4, -0.2) is 62.6 Å². The monoisotopic (exact) mass is 500 g/mol. The van der Waals surface area contributed by atoms with Crippen molar-refractivity contribution in [3.8, 4) is 0 Å². The maximum Gasteiger partial charge on any atom is 0.469 e. The summed E-state index contributed by atoms with van der Waals surface area (Å²) >= 11 is 0. The lowest BCUT2D eigenvalue weighted by atomic mass is 9.93. The average molecular weight is 501 g/mol. The van der Waals surface area contributed by atoms with E-state index in [1.54, 1.807) is 0 Å². The van der Waals surface area contributed by atoms with Crippen molar-refractivity contribution in [1.82, 2.24) is 0 Å². The lowest BCUT2D eigenvalue weighted by Crippen LogP contribution is -2.38. The van der Waals surface area contributed by atoms with Crippen molar-refractivity contribution in [3.63, 3.8) is 0 Å². The topological polar surface area (TPSA) is 165 Å². The van der Waals surface area contributed by atoms with Crippen LogP contribution in [0.25, 0.3) is 0 Å². The SMILES string of the molecule is CCCCCCCCCCCCCCCCCC(=O)O.O=P(O)(O)OCC(CO)(CO)CO. The second kappa shape index (κ2) is 23.2. The number of phosphoric ester groups is 1. The summed E-state index contributed by atoms with van der Waals surface area (Å²) in [6, 6.07) is 0. The molecule has 0 heterocycles. The molecule has 0 aromatic rings. The van der Waals surface area contributed by atoms with Gasteiger partial charge in [-0.1, -0.05) is 96.8 Å². The Balaban J connectivity index is 0. The van der Waals surface area contributed by atoms with Crippen molar-refractivity contribution < 1.29 is 44.1 Å². The summed E-state index contributed by atoms with van der Waals surface area (Å²) in [6.07, 6.45) is 20.2. The number of carboxylic acid groups (broad SMARTS) is 1. The third kappa shape index (κ3) is 25.9.